The highest BCUT2D eigenvalue weighted by molar-refractivity contribution is 5.93. The van der Waals surface area contributed by atoms with Crippen molar-refractivity contribution in [3.8, 4) is 17.0 Å². The molecule has 4 aromatic rings. The number of fused-ring (bicyclic) bond motifs is 1. The molecule has 0 fully saturated rings. The second-order valence-electron chi connectivity index (χ2n) is 8.12. The third-order valence-electron chi connectivity index (χ3n) is 5.67. The van der Waals surface area contributed by atoms with Crippen LogP contribution in [0.1, 0.15) is 12.0 Å². The minimum absolute atomic E-state index is 0.843. The summed E-state index contributed by atoms with van der Waals surface area (Å²) in [7, 11) is 5.71. The van der Waals surface area contributed by atoms with Gasteiger partial charge >= 0.3 is 0 Å². The zero-order valence-corrected chi connectivity index (χ0v) is 19.5. The van der Waals surface area contributed by atoms with Gasteiger partial charge in [-0.05, 0) is 68.0 Å². The molecule has 0 aliphatic heterocycles. The Morgan fingerprint density at radius 3 is 2.55 bits per heavy atom. The maximum atomic E-state index is 5.29. The second-order valence-corrected chi connectivity index (χ2v) is 8.12. The summed E-state index contributed by atoms with van der Waals surface area (Å²) in [6, 6.07) is 22.6. The number of methoxy groups -OCH3 is 1. The third-order valence-corrected chi connectivity index (χ3v) is 5.67. The van der Waals surface area contributed by atoms with Crippen molar-refractivity contribution in [3.05, 3.63) is 78.5 Å². The Balaban J connectivity index is 1.40. The van der Waals surface area contributed by atoms with Crippen molar-refractivity contribution in [1.29, 1.82) is 0 Å². The van der Waals surface area contributed by atoms with Crippen molar-refractivity contribution in [2.24, 2.45) is 0 Å². The number of hydrogen-bond acceptors (Lipinski definition) is 6. The monoisotopic (exact) mass is 441 g/mol. The number of aromatic nitrogens is 2. The second kappa shape index (κ2) is 10.8. The molecule has 0 atom stereocenters. The Morgan fingerprint density at radius 1 is 1.00 bits per heavy atom. The molecule has 0 spiro atoms. The molecule has 33 heavy (non-hydrogen) atoms. The van der Waals surface area contributed by atoms with Crippen LogP contribution in [0.4, 0.5) is 11.5 Å². The summed E-state index contributed by atoms with van der Waals surface area (Å²) in [4.78, 5) is 11.6. The smallest absolute Gasteiger partial charge is 0.125 e. The molecule has 2 aromatic heterocycles. The first-order valence-corrected chi connectivity index (χ1v) is 11.3. The maximum absolute atomic E-state index is 5.29. The Morgan fingerprint density at radius 2 is 1.82 bits per heavy atom. The number of para-hydroxylation sites is 1. The van der Waals surface area contributed by atoms with Crippen molar-refractivity contribution in [3.63, 3.8) is 0 Å². The lowest BCUT2D eigenvalue weighted by Gasteiger charge is -2.17. The van der Waals surface area contributed by atoms with Gasteiger partial charge in [-0.1, -0.05) is 24.3 Å². The van der Waals surface area contributed by atoms with Crippen molar-refractivity contribution >= 4 is 22.4 Å². The van der Waals surface area contributed by atoms with Crippen molar-refractivity contribution in [2.45, 2.75) is 13.0 Å². The van der Waals surface area contributed by atoms with Gasteiger partial charge in [-0.15, -0.1) is 0 Å². The first kappa shape index (κ1) is 22.6. The van der Waals surface area contributed by atoms with Crippen LogP contribution in [0.3, 0.4) is 0 Å². The van der Waals surface area contributed by atoms with Gasteiger partial charge in [0.2, 0.25) is 0 Å². The largest absolute Gasteiger partial charge is 0.497 e. The lowest BCUT2D eigenvalue weighted by Crippen LogP contribution is -2.21. The van der Waals surface area contributed by atoms with E-state index in [-0.39, 0.29) is 0 Å². The van der Waals surface area contributed by atoms with E-state index in [1.54, 1.807) is 7.11 Å². The topological polar surface area (TPSA) is 62.3 Å². The lowest BCUT2D eigenvalue weighted by molar-refractivity contribution is 0.325. The van der Waals surface area contributed by atoms with Gasteiger partial charge in [0.25, 0.3) is 0 Å². The molecule has 0 aliphatic rings. The van der Waals surface area contributed by atoms with E-state index in [4.69, 9.17) is 9.72 Å². The van der Waals surface area contributed by atoms with Gasteiger partial charge in [0.1, 0.15) is 11.6 Å². The highest BCUT2D eigenvalue weighted by Gasteiger charge is 2.08. The van der Waals surface area contributed by atoms with E-state index in [1.165, 1.54) is 5.56 Å². The van der Waals surface area contributed by atoms with Crippen LogP contribution in [0.5, 0.6) is 5.75 Å². The third kappa shape index (κ3) is 5.79. The van der Waals surface area contributed by atoms with Crippen molar-refractivity contribution in [2.75, 3.05) is 44.9 Å². The molecule has 170 valence electrons. The normalized spacial score (nSPS) is 11.0. The fourth-order valence-electron chi connectivity index (χ4n) is 3.86. The molecular weight excluding hydrogens is 410 g/mol. The summed E-state index contributed by atoms with van der Waals surface area (Å²) in [5, 5.41) is 7.83. The SMILES string of the molecule is CNc1ccc(CN(C)CCCNc2cc(-c3ccc(OC)cc3)nc3ccccc23)cn1. The standard InChI is InChI=1S/C27H31N5O/c1-28-27-14-9-20(18-30-27)19-32(2)16-6-15-29-26-17-25(21-10-12-22(33-3)13-11-21)31-24-8-5-4-7-23(24)26/h4-5,7-14,17-18H,6,15-16,19H2,1-3H3,(H,28,30)(H,29,31). The molecule has 0 aliphatic carbocycles. The number of benzene rings is 2. The summed E-state index contributed by atoms with van der Waals surface area (Å²) in [6.45, 7) is 2.77. The zero-order chi connectivity index (χ0) is 23.0. The molecule has 6 nitrogen and oxygen atoms in total. The molecule has 2 heterocycles. The van der Waals surface area contributed by atoms with Gasteiger partial charge in [-0.3, -0.25) is 0 Å². The van der Waals surface area contributed by atoms with Gasteiger partial charge in [-0.25, -0.2) is 9.97 Å². The first-order chi connectivity index (χ1) is 16.2. The summed E-state index contributed by atoms with van der Waals surface area (Å²) in [5.41, 5.74) is 5.34. The highest BCUT2D eigenvalue weighted by Crippen LogP contribution is 2.29. The van der Waals surface area contributed by atoms with Crippen LogP contribution in [0.25, 0.3) is 22.2 Å². The number of hydrogen-bond donors (Lipinski definition) is 2. The van der Waals surface area contributed by atoms with Crippen LogP contribution in [-0.4, -0.2) is 49.2 Å². The van der Waals surface area contributed by atoms with Crippen LogP contribution in [-0.2, 0) is 6.54 Å². The molecule has 0 saturated carbocycles. The Hall–Kier alpha value is -3.64. The minimum atomic E-state index is 0.843. The van der Waals surface area contributed by atoms with E-state index < -0.39 is 0 Å². The molecule has 0 radical (unpaired) electrons. The summed E-state index contributed by atoms with van der Waals surface area (Å²) in [5.74, 6) is 1.74. The molecule has 6 heteroatoms. The molecule has 2 aromatic carbocycles. The van der Waals surface area contributed by atoms with E-state index >= 15 is 0 Å². The van der Waals surface area contributed by atoms with E-state index in [2.05, 4.69) is 57.9 Å². The van der Waals surface area contributed by atoms with E-state index in [9.17, 15) is 0 Å². The maximum Gasteiger partial charge on any atom is 0.125 e. The van der Waals surface area contributed by atoms with E-state index in [0.717, 1.165) is 65.5 Å². The van der Waals surface area contributed by atoms with E-state index in [0.29, 0.717) is 0 Å². The zero-order valence-electron chi connectivity index (χ0n) is 19.5. The Bertz CT molecular complexity index is 1180. The number of nitrogens with zero attached hydrogens (tertiary/aromatic N) is 3. The molecule has 0 amide bonds. The number of pyridine rings is 2. The van der Waals surface area contributed by atoms with Gasteiger partial charge in [0.05, 0.1) is 18.3 Å². The Kier molecular flexibility index (Phi) is 7.37. The summed E-state index contributed by atoms with van der Waals surface area (Å²) >= 11 is 0. The van der Waals surface area contributed by atoms with Crippen LogP contribution in [0, 0.1) is 0 Å². The number of nitrogens with one attached hydrogen (secondary N) is 2. The number of anilines is 2. The average Bonchev–Trinajstić information content (AvgIpc) is 2.87. The fraction of sp³-hybridized carbons (Fsp3) is 0.259. The number of ether oxygens (including phenoxy) is 1. The fourth-order valence-corrected chi connectivity index (χ4v) is 3.86. The average molecular weight is 442 g/mol. The van der Waals surface area contributed by atoms with Crippen LogP contribution >= 0.6 is 0 Å². The predicted octanol–water partition coefficient (Wildman–Crippen LogP) is 5.28. The van der Waals surface area contributed by atoms with Gasteiger partial charge < -0.3 is 20.3 Å². The predicted molar refractivity (Wildman–Crippen MR) is 137 cm³/mol. The molecular formula is C27H31N5O. The summed E-state index contributed by atoms with van der Waals surface area (Å²) < 4.78 is 5.29. The molecule has 0 bridgehead atoms. The van der Waals surface area contributed by atoms with Crippen molar-refractivity contribution in [1.82, 2.24) is 14.9 Å². The minimum Gasteiger partial charge on any atom is -0.497 e. The molecule has 0 saturated heterocycles. The van der Waals surface area contributed by atoms with Crippen LogP contribution in [0.15, 0.2) is 72.9 Å². The van der Waals surface area contributed by atoms with Crippen molar-refractivity contribution < 1.29 is 4.74 Å². The van der Waals surface area contributed by atoms with Crippen LogP contribution in [0.2, 0.25) is 0 Å². The lowest BCUT2D eigenvalue weighted by atomic mass is 10.1. The van der Waals surface area contributed by atoms with Gasteiger partial charge in [0, 0.05) is 43.0 Å². The molecule has 2 N–H and O–H groups in total. The van der Waals surface area contributed by atoms with Gasteiger partial charge in [-0.2, -0.15) is 0 Å². The quantitative estimate of drug-likeness (QED) is 0.327. The highest BCUT2D eigenvalue weighted by atomic mass is 16.5. The summed E-state index contributed by atoms with van der Waals surface area (Å²) in [6.07, 6.45) is 2.97. The number of rotatable bonds is 10. The van der Waals surface area contributed by atoms with E-state index in [1.807, 2.05) is 49.6 Å². The molecule has 0 unspecified atom stereocenters. The first-order valence-electron chi connectivity index (χ1n) is 11.3. The molecule has 4 rings (SSSR count). The Labute approximate surface area is 195 Å². The van der Waals surface area contributed by atoms with Crippen LogP contribution < -0.4 is 15.4 Å². The van der Waals surface area contributed by atoms with Gasteiger partial charge in [0.15, 0.2) is 0 Å².